The molecule has 2 fully saturated rings. The quantitative estimate of drug-likeness (QED) is 0.697. The van der Waals surface area contributed by atoms with Crippen LogP contribution in [0.5, 0.6) is 0 Å². The first-order valence-electron chi connectivity index (χ1n) is 6.41. The Labute approximate surface area is 109 Å². The molecule has 0 saturated carbocycles. The summed E-state index contributed by atoms with van der Waals surface area (Å²) in [6.45, 7) is 2.86. The molecule has 0 aromatic heterocycles. The Balaban J connectivity index is 0.000000180. The molecule has 0 spiro atoms. The third-order valence-corrected chi connectivity index (χ3v) is 3.32. The molecule has 0 amide bonds. The van der Waals surface area contributed by atoms with Gasteiger partial charge in [0, 0.05) is 39.5 Å². The lowest BCUT2D eigenvalue weighted by Gasteiger charge is -2.26. The highest BCUT2D eigenvalue weighted by Gasteiger charge is 2.21. The summed E-state index contributed by atoms with van der Waals surface area (Å²) in [5, 5.41) is 0. The summed E-state index contributed by atoms with van der Waals surface area (Å²) < 4.78 is 20.4. The first-order chi connectivity index (χ1) is 8.69. The van der Waals surface area contributed by atoms with E-state index in [2.05, 4.69) is 0 Å². The summed E-state index contributed by atoms with van der Waals surface area (Å²) in [4.78, 5) is 0. The largest absolute Gasteiger partial charge is 0.379 e. The summed E-state index contributed by atoms with van der Waals surface area (Å²) >= 11 is 0. The van der Waals surface area contributed by atoms with Crippen LogP contribution in [0.1, 0.15) is 12.8 Å². The zero-order valence-electron chi connectivity index (χ0n) is 11.3. The number of hydrogen-bond donors (Lipinski definition) is 2. The van der Waals surface area contributed by atoms with Gasteiger partial charge in [0.2, 0.25) is 0 Å². The molecule has 6 nitrogen and oxygen atoms in total. The zero-order chi connectivity index (χ0) is 13.4. The van der Waals surface area contributed by atoms with Crippen LogP contribution >= 0.6 is 0 Å². The standard InChI is InChI=1S/2C6H13NO2/c2*1-8-6-4-9-3-2-5(6)7/h2*5-6H,2-4,7H2,1H3/t2*5-,6+/m10/s1. The molecule has 2 saturated heterocycles. The van der Waals surface area contributed by atoms with E-state index in [-0.39, 0.29) is 24.3 Å². The van der Waals surface area contributed by atoms with Gasteiger partial charge in [0.05, 0.1) is 25.4 Å². The lowest BCUT2D eigenvalue weighted by molar-refractivity contribution is -0.0411. The van der Waals surface area contributed by atoms with Crippen molar-refractivity contribution in [1.29, 1.82) is 0 Å². The molecule has 2 heterocycles. The Morgan fingerprint density at radius 3 is 1.44 bits per heavy atom. The molecule has 0 aromatic rings. The van der Waals surface area contributed by atoms with E-state index in [9.17, 15) is 0 Å². The fourth-order valence-electron chi connectivity index (χ4n) is 1.94. The number of ether oxygens (including phenoxy) is 4. The Kier molecular flexibility index (Phi) is 7.73. The highest BCUT2D eigenvalue weighted by Crippen LogP contribution is 2.07. The maximum Gasteiger partial charge on any atom is 0.0955 e. The van der Waals surface area contributed by atoms with Crippen LogP contribution in [0.15, 0.2) is 0 Å². The summed E-state index contributed by atoms with van der Waals surface area (Å²) in [7, 11) is 3.33. The predicted octanol–water partition coefficient (Wildman–Crippen LogP) is -0.502. The fraction of sp³-hybridized carbons (Fsp3) is 1.00. The average Bonchev–Trinajstić information content (AvgIpc) is 2.41. The van der Waals surface area contributed by atoms with Crippen LogP contribution in [0.2, 0.25) is 0 Å². The van der Waals surface area contributed by atoms with E-state index in [1.807, 2.05) is 0 Å². The van der Waals surface area contributed by atoms with E-state index in [4.69, 9.17) is 30.4 Å². The van der Waals surface area contributed by atoms with Gasteiger partial charge < -0.3 is 30.4 Å². The molecule has 4 atom stereocenters. The van der Waals surface area contributed by atoms with Crippen molar-refractivity contribution in [1.82, 2.24) is 0 Å². The molecule has 2 aliphatic rings. The molecule has 0 radical (unpaired) electrons. The van der Waals surface area contributed by atoms with E-state index in [1.165, 1.54) is 0 Å². The van der Waals surface area contributed by atoms with Crippen LogP contribution in [-0.4, -0.2) is 64.9 Å². The van der Waals surface area contributed by atoms with Crippen molar-refractivity contribution in [3.8, 4) is 0 Å². The van der Waals surface area contributed by atoms with Gasteiger partial charge in [0.1, 0.15) is 0 Å². The molecule has 2 rings (SSSR count). The van der Waals surface area contributed by atoms with Crippen LogP contribution in [0, 0.1) is 0 Å². The van der Waals surface area contributed by atoms with Crippen LogP contribution in [0.25, 0.3) is 0 Å². The van der Waals surface area contributed by atoms with Gasteiger partial charge in [-0.05, 0) is 12.8 Å². The van der Waals surface area contributed by atoms with Crippen molar-refractivity contribution in [3.63, 3.8) is 0 Å². The summed E-state index contributed by atoms with van der Waals surface area (Å²) in [6, 6.07) is 0.340. The molecule has 18 heavy (non-hydrogen) atoms. The highest BCUT2D eigenvalue weighted by molar-refractivity contribution is 4.76. The van der Waals surface area contributed by atoms with E-state index >= 15 is 0 Å². The molecule has 6 heteroatoms. The maximum atomic E-state index is 5.68. The van der Waals surface area contributed by atoms with E-state index < -0.39 is 0 Å². The third-order valence-electron chi connectivity index (χ3n) is 3.32. The molecule has 0 aromatic carbocycles. The third kappa shape index (κ3) is 5.17. The van der Waals surface area contributed by atoms with Crippen LogP contribution in [0.3, 0.4) is 0 Å². The van der Waals surface area contributed by atoms with Gasteiger partial charge in [-0.15, -0.1) is 0 Å². The van der Waals surface area contributed by atoms with Crippen LogP contribution in [0.4, 0.5) is 0 Å². The lowest BCUT2D eigenvalue weighted by atomic mass is 10.1. The van der Waals surface area contributed by atoms with Crippen molar-refractivity contribution in [2.24, 2.45) is 11.5 Å². The Morgan fingerprint density at radius 1 is 0.833 bits per heavy atom. The predicted molar refractivity (Wildman–Crippen MR) is 68.4 cm³/mol. The molecule has 0 bridgehead atoms. The molecular formula is C12H26N2O4. The average molecular weight is 262 g/mol. The smallest absolute Gasteiger partial charge is 0.0955 e. The summed E-state index contributed by atoms with van der Waals surface area (Å²) in [5.41, 5.74) is 11.4. The van der Waals surface area contributed by atoms with Gasteiger partial charge in [-0.25, -0.2) is 0 Å². The second-order valence-electron chi connectivity index (χ2n) is 4.60. The van der Waals surface area contributed by atoms with Crippen LogP contribution in [-0.2, 0) is 18.9 Å². The van der Waals surface area contributed by atoms with Crippen molar-refractivity contribution in [2.75, 3.05) is 40.6 Å². The first kappa shape index (κ1) is 15.8. The number of rotatable bonds is 2. The lowest BCUT2D eigenvalue weighted by Crippen LogP contribution is -2.43. The van der Waals surface area contributed by atoms with Gasteiger partial charge in [-0.1, -0.05) is 0 Å². The molecule has 2 aliphatic heterocycles. The van der Waals surface area contributed by atoms with E-state index in [0.717, 1.165) is 26.1 Å². The number of hydrogen-bond acceptors (Lipinski definition) is 6. The Morgan fingerprint density at radius 2 is 1.22 bits per heavy atom. The van der Waals surface area contributed by atoms with Crippen molar-refractivity contribution < 1.29 is 18.9 Å². The molecule has 108 valence electrons. The minimum absolute atomic E-state index is 0.110. The Hall–Kier alpha value is -0.240. The van der Waals surface area contributed by atoms with E-state index in [1.54, 1.807) is 14.2 Å². The van der Waals surface area contributed by atoms with E-state index in [0.29, 0.717) is 13.2 Å². The zero-order valence-corrected chi connectivity index (χ0v) is 11.3. The summed E-state index contributed by atoms with van der Waals surface area (Å²) in [5.74, 6) is 0. The van der Waals surface area contributed by atoms with Gasteiger partial charge in [0.15, 0.2) is 0 Å². The van der Waals surface area contributed by atoms with Crippen LogP contribution < -0.4 is 11.5 Å². The highest BCUT2D eigenvalue weighted by atomic mass is 16.5. The molecule has 0 aliphatic carbocycles. The minimum atomic E-state index is 0.110. The first-order valence-corrected chi connectivity index (χ1v) is 6.41. The SMILES string of the molecule is CO[C@@H]1COCC[C@@H]1N.CO[C@H]1COCC[C@H]1N. The number of methoxy groups -OCH3 is 2. The van der Waals surface area contributed by atoms with Gasteiger partial charge in [-0.2, -0.15) is 0 Å². The monoisotopic (exact) mass is 262 g/mol. The summed E-state index contributed by atoms with van der Waals surface area (Å²) in [6.07, 6.45) is 2.05. The van der Waals surface area contributed by atoms with Gasteiger partial charge >= 0.3 is 0 Å². The van der Waals surface area contributed by atoms with Gasteiger partial charge in [0.25, 0.3) is 0 Å². The topological polar surface area (TPSA) is 89.0 Å². The van der Waals surface area contributed by atoms with Crippen molar-refractivity contribution in [2.45, 2.75) is 37.1 Å². The maximum absolute atomic E-state index is 5.68. The molecule has 0 unspecified atom stereocenters. The normalized spacial score (nSPS) is 36.7. The van der Waals surface area contributed by atoms with Crippen molar-refractivity contribution in [3.05, 3.63) is 0 Å². The van der Waals surface area contributed by atoms with Gasteiger partial charge in [-0.3, -0.25) is 0 Å². The van der Waals surface area contributed by atoms with Crippen molar-refractivity contribution >= 4 is 0 Å². The second kappa shape index (κ2) is 8.79. The minimum Gasteiger partial charge on any atom is -0.379 e. The Bertz CT molecular complexity index is 196. The molecule has 4 N–H and O–H groups in total. The molecular weight excluding hydrogens is 236 g/mol. The second-order valence-corrected chi connectivity index (χ2v) is 4.60. The number of nitrogens with two attached hydrogens (primary N) is 2. The fourth-order valence-corrected chi connectivity index (χ4v) is 1.94.